The number of halogens is 1. The molecule has 2 amide bonds. The smallest absolute Gasteiger partial charge is 0.331 e. The summed E-state index contributed by atoms with van der Waals surface area (Å²) in [7, 11) is 0. The first kappa shape index (κ1) is 21.4. The largest absolute Gasteiger partial charge is 0.452 e. The van der Waals surface area contributed by atoms with Crippen LogP contribution in [0.2, 0.25) is 0 Å². The van der Waals surface area contributed by atoms with E-state index in [9.17, 15) is 18.8 Å². The van der Waals surface area contributed by atoms with E-state index < -0.39 is 30.2 Å². The number of benzene rings is 3. The van der Waals surface area contributed by atoms with Gasteiger partial charge >= 0.3 is 5.97 Å². The summed E-state index contributed by atoms with van der Waals surface area (Å²) in [6, 6.07) is 20.9. The van der Waals surface area contributed by atoms with E-state index in [1.54, 1.807) is 24.3 Å². The molecule has 0 aliphatic carbocycles. The van der Waals surface area contributed by atoms with Crippen LogP contribution in [-0.2, 0) is 14.3 Å². The van der Waals surface area contributed by atoms with E-state index in [0.717, 1.165) is 5.56 Å². The fraction of sp³-hybridized carbons (Fsp3) is 0.0417. The number of hydrogen-bond acceptors (Lipinski definition) is 4. The number of para-hydroxylation sites is 1. The van der Waals surface area contributed by atoms with Gasteiger partial charge in [0.05, 0.1) is 11.3 Å². The lowest BCUT2D eigenvalue weighted by molar-refractivity contribution is -0.142. The molecule has 0 heterocycles. The lowest BCUT2D eigenvalue weighted by atomic mass is 10.1. The van der Waals surface area contributed by atoms with E-state index >= 15 is 0 Å². The number of nitrogens with one attached hydrogen (secondary N) is 2. The number of carbonyl (C=O) groups excluding carboxylic acids is 3. The second kappa shape index (κ2) is 10.5. The van der Waals surface area contributed by atoms with Crippen LogP contribution in [0.4, 0.5) is 15.8 Å². The van der Waals surface area contributed by atoms with E-state index in [0.29, 0.717) is 5.69 Å². The van der Waals surface area contributed by atoms with Gasteiger partial charge in [-0.25, -0.2) is 9.18 Å². The molecule has 31 heavy (non-hydrogen) atoms. The SMILES string of the molecule is O=C(COC(=O)/C=C/c1ccccc1)Nc1ccccc1C(=O)Nc1ccc(F)cc1. The Hall–Kier alpha value is -4.26. The van der Waals surface area contributed by atoms with E-state index in [-0.39, 0.29) is 11.3 Å². The molecular formula is C24H19FN2O4. The first-order chi connectivity index (χ1) is 15.0. The summed E-state index contributed by atoms with van der Waals surface area (Å²) in [6.45, 7) is -0.508. The Morgan fingerprint density at radius 1 is 0.839 bits per heavy atom. The van der Waals surface area contributed by atoms with Gasteiger partial charge in [0.1, 0.15) is 5.82 Å². The van der Waals surface area contributed by atoms with Gasteiger partial charge in [0.2, 0.25) is 0 Å². The molecule has 0 aliphatic heterocycles. The van der Waals surface area contributed by atoms with E-state index in [4.69, 9.17) is 4.74 Å². The van der Waals surface area contributed by atoms with E-state index in [1.807, 2.05) is 30.3 Å². The quantitative estimate of drug-likeness (QED) is 0.443. The van der Waals surface area contributed by atoms with Crippen LogP contribution in [0, 0.1) is 5.82 Å². The third-order valence-electron chi connectivity index (χ3n) is 4.10. The third kappa shape index (κ3) is 6.64. The van der Waals surface area contributed by atoms with Gasteiger partial charge in [-0.2, -0.15) is 0 Å². The number of carbonyl (C=O) groups is 3. The van der Waals surface area contributed by atoms with Crippen molar-refractivity contribution in [1.29, 1.82) is 0 Å². The van der Waals surface area contributed by atoms with Crippen molar-refractivity contribution in [1.82, 2.24) is 0 Å². The maximum atomic E-state index is 13.0. The molecule has 0 fully saturated rings. The summed E-state index contributed by atoms with van der Waals surface area (Å²) < 4.78 is 17.9. The summed E-state index contributed by atoms with van der Waals surface area (Å²) in [5, 5.41) is 5.18. The average Bonchev–Trinajstić information content (AvgIpc) is 2.79. The fourth-order valence-corrected chi connectivity index (χ4v) is 2.62. The number of hydrogen-bond donors (Lipinski definition) is 2. The van der Waals surface area contributed by atoms with Crippen molar-refractivity contribution in [2.45, 2.75) is 0 Å². The van der Waals surface area contributed by atoms with E-state index in [1.165, 1.54) is 36.4 Å². The number of anilines is 2. The maximum Gasteiger partial charge on any atom is 0.331 e. The number of amides is 2. The van der Waals surface area contributed by atoms with Gasteiger partial charge in [0, 0.05) is 11.8 Å². The van der Waals surface area contributed by atoms with Crippen LogP contribution < -0.4 is 10.6 Å². The molecule has 0 aliphatic rings. The van der Waals surface area contributed by atoms with Crippen molar-refractivity contribution in [2.24, 2.45) is 0 Å². The minimum absolute atomic E-state index is 0.204. The van der Waals surface area contributed by atoms with Crippen LogP contribution >= 0.6 is 0 Å². The highest BCUT2D eigenvalue weighted by Crippen LogP contribution is 2.18. The molecule has 3 rings (SSSR count). The second-order valence-corrected chi connectivity index (χ2v) is 6.41. The molecule has 0 radical (unpaired) electrons. The zero-order valence-corrected chi connectivity index (χ0v) is 16.4. The van der Waals surface area contributed by atoms with Gasteiger partial charge in [-0.3, -0.25) is 9.59 Å². The summed E-state index contributed by atoms with van der Waals surface area (Å²) in [5.41, 5.74) is 1.69. The van der Waals surface area contributed by atoms with Crippen molar-refractivity contribution in [3.8, 4) is 0 Å². The maximum absolute atomic E-state index is 13.0. The molecule has 6 nitrogen and oxygen atoms in total. The Bertz CT molecular complexity index is 1100. The van der Waals surface area contributed by atoms with Crippen molar-refractivity contribution in [3.63, 3.8) is 0 Å². The summed E-state index contributed by atoms with van der Waals surface area (Å²) in [6.07, 6.45) is 2.81. The first-order valence-corrected chi connectivity index (χ1v) is 9.37. The number of rotatable bonds is 7. The van der Waals surface area contributed by atoms with Crippen LogP contribution in [0.5, 0.6) is 0 Å². The standard InChI is InChI=1S/C24H19FN2O4/c25-18-11-13-19(14-12-18)26-24(30)20-8-4-5-9-21(20)27-22(28)16-31-23(29)15-10-17-6-2-1-3-7-17/h1-15H,16H2,(H,26,30)(H,27,28)/b15-10+. The second-order valence-electron chi connectivity index (χ2n) is 6.41. The first-order valence-electron chi connectivity index (χ1n) is 9.37. The molecule has 0 atom stereocenters. The zero-order valence-electron chi connectivity index (χ0n) is 16.4. The van der Waals surface area contributed by atoms with Crippen LogP contribution in [-0.4, -0.2) is 24.4 Å². The monoisotopic (exact) mass is 418 g/mol. The van der Waals surface area contributed by atoms with Crippen LogP contribution in [0.25, 0.3) is 6.08 Å². The fourth-order valence-electron chi connectivity index (χ4n) is 2.62. The van der Waals surface area contributed by atoms with Crippen molar-refractivity contribution >= 4 is 35.2 Å². The molecule has 3 aromatic carbocycles. The Kier molecular flexibility index (Phi) is 7.26. The predicted molar refractivity (Wildman–Crippen MR) is 116 cm³/mol. The number of esters is 1. The summed E-state index contributed by atoms with van der Waals surface area (Å²) >= 11 is 0. The third-order valence-corrected chi connectivity index (χ3v) is 4.10. The normalized spacial score (nSPS) is 10.5. The highest BCUT2D eigenvalue weighted by molar-refractivity contribution is 6.10. The van der Waals surface area contributed by atoms with Gasteiger partial charge in [0.25, 0.3) is 11.8 Å². The van der Waals surface area contributed by atoms with Gasteiger partial charge < -0.3 is 15.4 Å². The van der Waals surface area contributed by atoms with Gasteiger partial charge in [0.15, 0.2) is 6.61 Å². The zero-order chi connectivity index (χ0) is 22.1. The Morgan fingerprint density at radius 2 is 1.52 bits per heavy atom. The van der Waals surface area contributed by atoms with Gasteiger partial charge in [-0.1, -0.05) is 42.5 Å². The minimum Gasteiger partial charge on any atom is -0.452 e. The van der Waals surface area contributed by atoms with Gasteiger partial charge in [-0.15, -0.1) is 0 Å². The molecule has 2 N–H and O–H groups in total. The number of ether oxygens (including phenoxy) is 1. The predicted octanol–water partition coefficient (Wildman–Crippen LogP) is 4.27. The summed E-state index contributed by atoms with van der Waals surface area (Å²) in [5.74, 6) is -2.16. The Morgan fingerprint density at radius 3 is 2.26 bits per heavy atom. The molecule has 0 aromatic heterocycles. The molecule has 0 saturated carbocycles. The minimum atomic E-state index is -0.665. The van der Waals surface area contributed by atoms with Crippen LogP contribution in [0.15, 0.2) is 84.9 Å². The topological polar surface area (TPSA) is 84.5 Å². The van der Waals surface area contributed by atoms with Crippen molar-refractivity contribution < 1.29 is 23.5 Å². The molecule has 7 heteroatoms. The molecule has 3 aromatic rings. The van der Waals surface area contributed by atoms with Crippen molar-refractivity contribution in [2.75, 3.05) is 17.2 Å². The summed E-state index contributed by atoms with van der Waals surface area (Å²) in [4.78, 5) is 36.5. The highest BCUT2D eigenvalue weighted by atomic mass is 19.1. The average molecular weight is 418 g/mol. The lowest BCUT2D eigenvalue weighted by Crippen LogP contribution is -2.22. The Balaban J connectivity index is 1.56. The molecule has 0 saturated heterocycles. The molecule has 0 bridgehead atoms. The van der Waals surface area contributed by atoms with Crippen LogP contribution in [0.3, 0.4) is 0 Å². The van der Waals surface area contributed by atoms with Crippen molar-refractivity contribution in [3.05, 3.63) is 102 Å². The van der Waals surface area contributed by atoms with Gasteiger partial charge in [-0.05, 0) is 48.0 Å². The van der Waals surface area contributed by atoms with Crippen LogP contribution in [0.1, 0.15) is 15.9 Å². The molecular weight excluding hydrogens is 399 g/mol. The molecule has 0 unspecified atom stereocenters. The molecule has 156 valence electrons. The Labute approximate surface area is 178 Å². The highest BCUT2D eigenvalue weighted by Gasteiger charge is 2.14. The van der Waals surface area contributed by atoms with E-state index in [2.05, 4.69) is 10.6 Å². The molecule has 0 spiro atoms. The lowest BCUT2D eigenvalue weighted by Gasteiger charge is -2.11.